The first-order valence-electron chi connectivity index (χ1n) is 14.2. The molecule has 0 saturated carbocycles. The summed E-state index contributed by atoms with van der Waals surface area (Å²) in [6.07, 6.45) is 26.6. The highest BCUT2D eigenvalue weighted by atomic mass is 16.5. The third-order valence-corrected chi connectivity index (χ3v) is 6.36. The van der Waals surface area contributed by atoms with Crippen LogP contribution in [-0.2, 0) is 4.79 Å². The molecule has 0 aliphatic heterocycles. The summed E-state index contributed by atoms with van der Waals surface area (Å²) in [7, 11) is 0. The van der Waals surface area contributed by atoms with Gasteiger partial charge in [0.05, 0.1) is 6.04 Å². The number of hydrogen-bond acceptors (Lipinski definition) is 4. The van der Waals surface area contributed by atoms with Crippen LogP contribution in [0.25, 0.3) is 0 Å². The molecule has 0 fully saturated rings. The molecule has 33 heavy (non-hydrogen) atoms. The summed E-state index contributed by atoms with van der Waals surface area (Å²) in [4.78, 5) is 9.00. The van der Waals surface area contributed by atoms with E-state index >= 15 is 0 Å². The molecule has 1 unspecified atom stereocenters. The van der Waals surface area contributed by atoms with Gasteiger partial charge in [0.15, 0.2) is 5.79 Å². The van der Waals surface area contributed by atoms with Crippen LogP contribution in [0.2, 0.25) is 0 Å². The van der Waals surface area contributed by atoms with Gasteiger partial charge in [-0.15, -0.1) is 0 Å². The first kappa shape index (κ1) is 34.5. The average molecular weight is 474 g/mol. The van der Waals surface area contributed by atoms with Crippen LogP contribution >= 0.6 is 0 Å². The monoisotopic (exact) mass is 473 g/mol. The number of carbonyl (C=O) groups is 1. The van der Waals surface area contributed by atoms with Crippen LogP contribution in [0, 0.1) is 0 Å². The highest BCUT2D eigenvalue weighted by Gasteiger charge is 2.30. The lowest BCUT2D eigenvalue weighted by atomic mass is 9.95. The van der Waals surface area contributed by atoms with Gasteiger partial charge >= 0.3 is 0 Å². The number of hydrogen-bond donors (Lipinski definition) is 4. The van der Waals surface area contributed by atoms with Crippen molar-refractivity contribution in [1.29, 1.82) is 0 Å². The zero-order valence-corrected chi connectivity index (χ0v) is 22.5. The van der Waals surface area contributed by atoms with Gasteiger partial charge in [-0.2, -0.15) is 0 Å². The van der Waals surface area contributed by atoms with Gasteiger partial charge in [0.2, 0.25) is 0 Å². The standard InChI is InChI=1S/C26H55NO2.C2H4O2/c1-3-5-7-9-11-13-15-17-19-21-23-25(27)26(28,29)24-22-20-18-16-14-12-10-8-6-4-2;1-2(3)4/h25,28-29H,3-24,27H2,1-2H3;1H3,(H,3,4). The topological polar surface area (TPSA) is 104 Å². The summed E-state index contributed by atoms with van der Waals surface area (Å²) in [6, 6.07) is -0.505. The van der Waals surface area contributed by atoms with Gasteiger partial charge in [-0.3, -0.25) is 4.79 Å². The molecular weight excluding hydrogens is 414 g/mol. The largest absolute Gasteiger partial charge is 0.481 e. The molecule has 5 nitrogen and oxygen atoms in total. The van der Waals surface area contributed by atoms with Crippen LogP contribution < -0.4 is 5.73 Å². The smallest absolute Gasteiger partial charge is 0.300 e. The van der Waals surface area contributed by atoms with E-state index in [2.05, 4.69) is 13.8 Å². The van der Waals surface area contributed by atoms with Gasteiger partial charge < -0.3 is 21.1 Å². The Balaban J connectivity index is 0. The second kappa shape index (κ2) is 26.0. The molecule has 5 N–H and O–H groups in total. The second-order valence-corrected chi connectivity index (χ2v) is 9.91. The quantitative estimate of drug-likeness (QED) is 0.0898. The van der Waals surface area contributed by atoms with E-state index < -0.39 is 17.8 Å². The second-order valence-electron chi connectivity index (χ2n) is 9.91. The van der Waals surface area contributed by atoms with Gasteiger partial charge in [0.25, 0.3) is 5.97 Å². The van der Waals surface area contributed by atoms with Crippen molar-refractivity contribution < 1.29 is 20.1 Å². The van der Waals surface area contributed by atoms with E-state index in [0.29, 0.717) is 6.42 Å². The van der Waals surface area contributed by atoms with E-state index in [1.807, 2.05) is 0 Å². The molecule has 0 aromatic rings. The number of unbranched alkanes of at least 4 members (excludes halogenated alkanes) is 18. The van der Waals surface area contributed by atoms with Crippen molar-refractivity contribution in [3.8, 4) is 0 Å². The van der Waals surface area contributed by atoms with E-state index in [-0.39, 0.29) is 0 Å². The van der Waals surface area contributed by atoms with Crippen LogP contribution in [0.15, 0.2) is 0 Å². The summed E-state index contributed by atoms with van der Waals surface area (Å²) >= 11 is 0. The fourth-order valence-electron chi connectivity index (χ4n) is 4.14. The molecule has 0 amide bonds. The average Bonchev–Trinajstić information content (AvgIpc) is 2.75. The number of nitrogens with two attached hydrogens (primary N) is 1. The zero-order valence-electron chi connectivity index (χ0n) is 22.5. The molecule has 0 saturated heterocycles. The first-order chi connectivity index (χ1) is 15.8. The minimum atomic E-state index is -1.68. The SMILES string of the molecule is CC(=O)O.CCCCCCCCCCCCC(N)C(O)(O)CCCCCCCCCCCC. The van der Waals surface area contributed by atoms with Gasteiger partial charge in [0.1, 0.15) is 0 Å². The molecule has 0 aromatic carbocycles. The van der Waals surface area contributed by atoms with Gasteiger partial charge in [0, 0.05) is 13.3 Å². The third kappa shape index (κ3) is 29.3. The Kier molecular flexibility index (Phi) is 27.2. The molecule has 200 valence electrons. The summed E-state index contributed by atoms with van der Waals surface area (Å²) < 4.78 is 0. The molecule has 1 atom stereocenters. The molecule has 0 bridgehead atoms. The summed E-state index contributed by atoms with van der Waals surface area (Å²) in [5, 5.41) is 28.0. The molecule has 0 radical (unpaired) electrons. The van der Waals surface area contributed by atoms with E-state index in [0.717, 1.165) is 39.0 Å². The molecule has 0 heterocycles. The predicted molar refractivity (Wildman–Crippen MR) is 141 cm³/mol. The summed E-state index contributed by atoms with van der Waals surface area (Å²) in [5.74, 6) is -2.51. The van der Waals surface area contributed by atoms with E-state index in [9.17, 15) is 10.2 Å². The summed E-state index contributed by atoms with van der Waals surface area (Å²) in [6.45, 7) is 5.60. The van der Waals surface area contributed by atoms with Crippen molar-refractivity contribution >= 4 is 5.97 Å². The molecule has 0 spiro atoms. The Morgan fingerprint density at radius 2 is 0.909 bits per heavy atom. The van der Waals surface area contributed by atoms with Crippen LogP contribution in [0.5, 0.6) is 0 Å². The highest BCUT2D eigenvalue weighted by Crippen LogP contribution is 2.21. The zero-order chi connectivity index (χ0) is 25.2. The maximum atomic E-state index is 10.3. The van der Waals surface area contributed by atoms with Crippen molar-refractivity contribution in [2.24, 2.45) is 5.73 Å². The Hall–Kier alpha value is -0.650. The van der Waals surface area contributed by atoms with Gasteiger partial charge in [-0.25, -0.2) is 0 Å². The van der Waals surface area contributed by atoms with E-state index in [1.165, 1.54) is 103 Å². The van der Waals surface area contributed by atoms with Crippen LogP contribution in [-0.4, -0.2) is 33.1 Å². The van der Waals surface area contributed by atoms with Crippen LogP contribution in [0.1, 0.15) is 162 Å². The van der Waals surface area contributed by atoms with Crippen molar-refractivity contribution in [3.05, 3.63) is 0 Å². The molecule has 0 aromatic heterocycles. The number of carboxylic acids is 1. The van der Waals surface area contributed by atoms with Crippen molar-refractivity contribution in [2.45, 2.75) is 174 Å². The van der Waals surface area contributed by atoms with E-state index in [1.54, 1.807) is 0 Å². The fourth-order valence-corrected chi connectivity index (χ4v) is 4.14. The molecule has 0 aliphatic rings. The summed E-state index contributed by atoms with van der Waals surface area (Å²) in [5.41, 5.74) is 6.08. The third-order valence-electron chi connectivity index (χ3n) is 6.36. The lowest BCUT2D eigenvalue weighted by molar-refractivity contribution is -0.183. The van der Waals surface area contributed by atoms with Gasteiger partial charge in [-0.1, -0.05) is 136 Å². The Labute approximate surface area is 205 Å². The van der Waals surface area contributed by atoms with Gasteiger partial charge in [-0.05, 0) is 12.8 Å². The van der Waals surface area contributed by atoms with Crippen molar-refractivity contribution in [3.63, 3.8) is 0 Å². The number of carboxylic acid groups (broad SMARTS) is 1. The van der Waals surface area contributed by atoms with E-state index in [4.69, 9.17) is 15.6 Å². The van der Waals surface area contributed by atoms with Crippen molar-refractivity contribution in [1.82, 2.24) is 0 Å². The molecule has 0 aliphatic carbocycles. The minimum Gasteiger partial charge on any atom is -0.481 e. The fraction of sp³-hybridized carbons (Fsp3) is 0.964. The maximum absolute atomic E-state index is 10.3. The Morgan fingerprint density at radius 3 is 1.24 bits per heavy atom. The molecule has 5 heteroatoms. The Bertz CT molecular complexity index is 397. The number of rotatable bonds is 23. The first-order valence-corrected chi connectivity index (χ1v) is 14.2. The number of aliphatic carboxylic acids is 1. The normalized spacial score (nSPS) is 12.3. The lowest BCUT2D eigenvalue weighted by Gasteiger charge is -2.28. The van der Waals surface area contributed by atoms with Crippen LogP contribution in [0.3, 0.4) is 0 Å². The Morgan fingerprint density at radius 1 is 0.636 bits per heavy atom. The van der Waals surface area contributed by atoms with Crippen molar-refractivity contribution in [2.75, 3.05) is 0 Å². The highest BCUT2D eigenvalue weighted by molar-refractivity contribution is 5.62. The maximum Gasteiger partial charge on any atom is 0.300 e. The number of aliphatic hydroxyl groups is 2. The lowest BCUT2D eigenvalue weighted by Crippen LogP contribution is -2.47. The predicted octanol–water partition coefficient (Wildman–Crippen LogP) is 7.71. The molecular formula is C28H59NO4. The molecule has 0 rings (SSSR count). The minimum absolute atomic E-state index is 0.419. The van der Waals surface area contributed by atoms with Crippen LogP contribution in [0.4, 0.5) is 0 Å².